The van der Waals surface area contributed by atoms with Crippen LogP contribution in [0.3, 0.4) is 0 Å². The molecular weight excluding hydrogens is 210 g/mol. The fourth-order valence-corrected chi connectivity index (χ4v) is 2.63. The van der Waals surface area contributed by atoms with Gasteiger partial charge in [-0.05, 0) is 37.1 Å². The lowest BCUT2D eigenvalue weighted by Gasteiger charge is -2.39. The van der Waals surface area contributed by atoms with Crippen LogP contribution in [0, 0.1) is 11.3 Å². The molecule has 0 heterocycles. The van der Waals surface area contributed by atoms with E-state index in [4.69, 9.17) is 4.74 Å². The van der Waals surface area contributed by atoms with Crippen LogP contribution in [0.5, 0.6) is 0 Å². The molecule has 0 aromatic carbocycles. The van der Waals surface area contributed by atoms with Crippen LogP contribution in [0.4, 0.5) is 0 Å². The second-order valence-corrected chi connectivity index (χ2v) is 5.35. The van der Waals surface area contributed by atoms with Gasteiger partial charge in [0.25, 0.3) is 0 Å². The predicted octanol–water partition coefficient (Wildman–Crippen LogP) is 3.86. The smallest absolute Gasteiger partial charge is 0.0493 e. The van der Waals surface area contributed by atoms with Gasteiger partial charge in [0.2, 0.25) is 0 Å². The molecule has 17 heavy (non-hydrogen) atoms. The van der Waals surface area contributed by atoms with Crippen molar-refractivity contribution in [1.29, 1.82) is 0 Å². The molecule has 0 saturated carbocycles. The van der Waals surface area contributed by atoms with Crippen molar-refractivity contribution in [2.75, 3.05) is 26.8 Å². The van der Waals surface area contributed by atoms with Crippen molar-refractivity contribution in [3.8, 4) is 0 Å². The lowest BCUT2D eigenvalue weighted by Crippen LogP contribution is -2.41. The first-order valence-corrected chi connectivity index (χ1v) is 7.36. The minimum Gasteiger partial charge on any atom is -0.384 e. The summed E-state index contributed by atoms with van der Waals surface area (Å²) in [5.41, 5.74) is 0.418. The maximum atomic E-state index is 5.37. The Balaban J connectivity index is 4.48. The van der Waals surface area contributed by atoms with E-state index in [1.807, 2.05) is 7.11 Å². The van der Waals surface area contributed by atoms with E-state index in [-0.39, 0.29) is 0 Å². The molecule has 2 unspecified atom stereocenters. The van der Waals surface area contributed by atoms with E-state index >= 15 is 0 Å². The average Bonchev–Trinajstić information content (AvgIpc) is 2.34. The van der Waals surface area contributed by atoms with Crippen molar-refractivity contribution in [2.45, 2.75) is 59.8 Å². The third kappa shape index (κ3) is 5.87. The van der Waals surface area contributed by atoms with Gasteiger partial charge in [-0.2, -0.15) is 0 Å². The molecule has 0 aromatic heterocycles. The third-order valence-corrected chi connectivity index (χ3v) is 4.10. The summed E-state index contributed by atoms with van der Waals surface area (Å²) >= 11 is 0. The van der Waals surface area contributed by atoms with Gasteiger partial charge in [-0.15, -0.1) is 0 Å². The number of methoxy groups -OCH3 is 1. The second kappa shape index (κ2) is 9.90. The van der Waals surface area contributed by atoms with Gasteiger partial charge in [-0.3, -0.25) is 0 Å². The predicted molar refractivity (Wildman–Crippen MR) is 76.4 cm³/mol. The molecule has 0 saturated heterocycles. The third-order valence-electron chi connectivity index (χ3n) is 4.10. The van der Waals surface area contributed by atoms with Gasteiger partial charge in [0.15, 0.2) is 0 Å². The zero-order valence-electron chi connectivity index (χ0n) is 12.6. The second-order valence-electron chi connectivity index (χ2n) is 5.35. The summed E-state index contributed by atoms with van der Waals surface area (Å²) < 4.78 is 5.37. The summed E-state index contributed by atoms with van der Waals surface area (Å²) in [5, 5.41) is 3.62. The van der Waals surface area contributed by atoms with Crippen LogP contribution in [0.25, 0.3) is 0 Å². The highest BCUT2D eigenvalue weighted by atomic mass is 16.5. The Bertz CT molecular complexity index is 172. The highest BCUT2D eigenvalue weighted by molar-refractivity contribution is 4.85. The SMILES string of the molecule is CCCCC(CC)(CNCCC)C(C)COC. The Kier molecular flexibility index (Phi) is 9.85. The van der Waals surface area contributed by atoms with Crippen molar-refractivity contribution in [1.82, 2.24) is 5.32 Å². The van der Waals surface area contributed by atoms with Crippen molar-refractivity contribution in [3.05, 3.63) is 0 Å². The number of nitrogens with one attached hydrogen (secondary N) is 1. The van der Waals surface area contributed by atoms with Crippen molar-refractivity contribution < 1.29 is 4.74 Å². The fourth-order valence-electron chi connectivity index (χ4n) is 2.63. The minimum absolute atomic E-state index is 0.418. The number of hydrogen-bond donors (Lipinski definition) is 1. The number of unbranched alkanes of at least 4 members (excludes halogenated alkanes) is 1. The van der Waals surface area contributed by atoms with Crippen LogP contribution in [0.15, 0.2) is 0 Å². The number of rotatable bonds is 11. The largest absolute Gasteiger partial charge is 0.384 e. The summed E-state index contributed by atoms with van der Waals surface area (Å²) in [7, 11) is 1.82. The molecule has 0 bridgehead atoms. The quantitative estimate of drug-likeness (QED) is 0.556. The van der Waals surface area contributed by atoms with Crippen LogP contribution < -0.4 is 5.32 Å². The summed E-state index contributed by atoms with van der Waals surface area (Å²) in [6.45, 7) is 12.3. The average molecular weight is 243 g/mol. The van der Waals surface area contributed by atoms with Gasteiger partial charge in [0.1, 0.15) is 0 Å². The lowest BCUT2D eigenvalue weighted by atomic mass is 9.70. The monoisotopic (exact) mass is 243 g/mol. The van der Waals surface area contributed by atoms with E-state index in [0.29, 0.717) is 11.3 Å². The van der Waals surface area contributed by atoms with Crippen LogP contribution >= 0.6 is 0 Å². The van der Waals surface area contributed by atoms with Crippen molar-refractivity contribution >= 4 is 0 Å². The van der Waals surface area contributed by atoms with Gasteiger partial charge in [-0.25, -0.2) is 0 Å². The normalized spacial score (nSPS) is 16.8. The first-order chi connectivity index (χ1) is 8.16. The zero-order valence-corrected chi connectivity index (χ0v) is 12.6. The molecule has 0 fully saturated rings. The summed E-state index contributed by atoms with van der Waals surface area (Å²) in [4.78, 5) is 0. The van der Waals surface area contributed by atoms with Crippen LogP contribution in [0.2, 0.25) is 0 Å². The lowest BCUT2D eigenvalue weighted by molar-refractivity contribution is 0.0570. The van der Waals surface area contributed by atoms with Crippen LogP contribution in [-0.4, -0.2) is 26.8 Å². The Morgan fingerprint density at radius 1 is 1.18 bits per heavy atom. The van der Waals surface area contributed by atoms with Gasteiger partial charge >= 0.3 is 0 Å². The molecule has 2 atom stereocenters. The van der Waals surface area contributed by atoms with Crippen LogP contribution in [0.1, 0.15) is 59.8 Å². The summed E-state index contributed by atoms with van der Waals surface area (Å²) in [5.74, 6) is 0.633. The molecule has 2 nitrogen and oxygen atoms in total. The maximum Gasteiger partial charge on any atom is 0.0493 e. The van der Waals surface area contributed by atoms with Crippen molar-refractivity contribution in [3.63, 3.8) is 0 Å². The Morgan fingerprint density at radius 2 is 1.88 bits per heavy atom. The maximum absolute atomic E-state index is 5.37. The molecule has 0 aliphatic rings. The van der Waals surface area contributed by atoms with Gasteiger partial charge in [-0.1, -0.05) is 40.5 Å². The number of ether oxygens (including phenoxy) is 1. The molecular formula is C15H33NO. The Hall–Kier alpha value is -0.0800. The Labute approximate surface area is 109 Å². The fraction of sp³-hybridized carbons (Fsp3) is 1.00. The molecule has 0 aromatic rings. The Morgan fingerprint density at radius 3 is 2.35 bits per heavy atom. The zero-order chi connectivity index (χ0) is 13.1. The molecule has 2 heteroatoms. The van der Waals surface area contributed by atoms with E-state index in [2.05, 4.69) is 33.0 Å². The first kappa shape index (κ1) is 16.9. The van der Waals surface area contributed by atoms with Crippen LogP contribution in [-0.2, 0) is 4.74 Å². The number of hydrogen-bond acceptors (Lipinski definition) is 2. The molecule has 0 spiro atoms. The molecule has 104 valence electrons. The molecule has 0 radical (unpaired) electrons. The molecule has 0 aliphatic carbocycles. The molecule has 0 amide bonds. The topological polar surface area (TPSA) is 21.3 Å². The summed E-state index contributed by atoms with van der Waals surface area (Å²) in [6, 6.07) is 0. The molecule has 0 rings (SSSR count). The van der Waals surface area contributed by atoms with Crippen molar-refractivity contribution in [2.24, 2.45) is 11.3 Å². The molecule has 0 aliphatic heterocycles. The highest BCUT2D eigenvalue weighted by Crippen LogP contribution is 2.36. The molecule has 1 N–H and O–H groups in total. The van der Waals surface area contributed by atoms with E-state index < -0.39 is 0 Å². The van der Waals surface area contributed by atoms with E-state index in [1.54, 1.807) is 0 Å². The standard InChI is InChI=1S/C15H33NO/c1-6-9-10-15(8-3,13-16-11-7-2)14(4)12-17-5/h14,16H,6-13H2,1-5H3. The van der Waals surface area contributed by atoms with Gasteiger partial charge in [0, 0.05) is 20.3 Å². The summed E-state index contributed by atoms with van der Waals surface area (Å²) in [6.07, 6.45) is 6.40. The van der Waals surface area contributed by atoms with Gasteiger partial charge < -0.3 is 10.1 Å². The highest BCUT2D eigenvalue weighted by Gasteiger charge is 2.33. The van der Waals surface area contributed by atoms with E-state index in [1.165, 1.54) is 32.1 Å². The first-order valence-electron chi connectivity index (χ1n) is 7.36. The van der Waals surface area contributed by atoms with E-state index in [9.17, 15) is 0 Å². The minimum atomic E-state index is 0.418. The van der Waals surface area contributed by atoms with E-state index in [0.717, 1.165) is 19.7 Å². The van der Waals surface area contributed by atoms with Gasteiger partial charge in [0.05, 0.1) is 0 Å².